The van der Waals surface area contributed by atoms with E-state index in [2.05, 4.69) is 9.88 Å². The summed E-state index contributed by atoms with van der Waals surface area (Å²) in [4.78, 5) is 6.76. The zero-order chi connectivity index (χ0) is 20.0. The molecule has 0 N–H and O–H groups in total. The van der Waals surface area contributed by atoms with Gasteiger partial charge in [-0.3, -0.25) is 4.31 Å². The van der Waals surface area contributed by atoms with E-state index in [4.69, 9.17) is 4.42 Å². The second kappa shape index (κ2) is 7.00. The van der Waals surface area contributed by atoms with Gasteiger partial charge in [-0.05, 0) is 55.8 Å². The molecule has 0 unspecified atom stereocenters. The van der Waals surface area contributed by atoms with E-state index >= 15 is 0 Å². The number of sulfonamides is 1. The van der Waals surface area contributed by atoms with Crippen molar-refractivity contribution in [1.29, 1.82) is 0 Å². The van der Waals surface area contributed by atoms with E-state index in [1.54, 1.807) is 30.5 Å². The summed E-state index contributed by atoms with van der Waals surface area (Å²) in [6.07, 6.45) is 3.98. The maximum Gasteiger partial charge on any atom is 0.264 e. The second-order valence-corrected chi connectivity index (χ2v) is 9.67. The Balaban J connectivity index is 1.46. The summed E-state index contributed by atoms with van der Waals surface area (Å²) >= 11 is 0. The number of rotatable bonds is 4. The maximum absolute atomic E-state index is 13.4. The Labute approximate surface area is 170 Å². The Morgan fingerprint density at radius 2 is 1.79 bits per heavy atom. The summed E-state index contributed by atoms with van der Waals surface area (Å²) in [5.41, 5.74) is 2.60. The van der Waals surface area contributed by atoms with Gasteiger partial charge in [0.2, 0.25) is 0 Å². The third kappa shape index (κ3) is 3.45. The highest BCUT2D eigenvalue weighted by Gasteiger charge is 2.30. The molecule has 0 amide bonds. The molecule has 2 aromatic carbocycles. The van der Waals surface area contributed by atoms with Crippen LogP contribution in [0.3, 0.4) is 0 Å². The molecule has 1 aliphatic carbocycles. The van der Waals surface area contributed by atoms with Gasteiger partial charge in [0.05, 0.1) is 16.8 Å². The number of para-hydroxylation sites is 1. The van der Waals surface area contributed by atoms with Gasteiger partial charge in [-0.2, -0.15) is 0 Å². The summed E-state index contributed by atoms with van der Waals surface area (Å²) in [6, 6.07) is 14.6. The lowest BCUT2D eigenvalue weighted by molar-refractivity contribution is 0.344. The number of benzene rings is 2. The molecule has 5 rings (SSSR count). The van der Waals surface area contributed by atoms with Crippen molar-refractivity contribution >= 4 is 15.7 Å². The van der Waals surface area contributed by atoms with Crippen LogP contribution in [0, 0.1) is 0 Å². The fraction of sp³-hybridized carbons (Fsp3) is 0.318. The first-order valence-corrected chi connectivity index (χ1v) is 11.3. The predicted octanol–water partition coefficient (Wildman–Crippen LogP) is 3.86. The minimum atomic E-state index is -3.66. The molecule has 7 heteroatoms. The van der Waals surface area contributed by atoms with Gasteiger partial charge in [0.25, 0.3) is 10.0 Å². The summed E-state index contributed by atoms with van der Waals surface area (Å²) in [5, 5.41) is 0. The number of fused-ring (bicyclic) bond motifs is 1. The smallest absolute Gasteiger partial charge is 0.264 e. The van der Waals surface area contributed by atoms with Gasteiger partial charge >= 0.3 is 0 Å². The van der Waals surface area contributed by atoms with Crippen LogP contribution in [0.25, 0.3) is 11.3 Å². The first-order valence-electron chi connectivity index (χ1n) is 9.88. The minimum Gasteiger partial charge on any atom is -0.440 e. The summed E-state index contributed by atoms with van der Waals surface area (Å²) < 4.78 is 34.2. The van der Waals surface area contributed by atoms with Crippen LogP contribution < -0.4 is 4.31 Å². The van der Waals surface area contributed by atoms with Crippen LogP contribution >= 0.6 is 0 Å². The van der Waals surface area contributed by atoms with Gasteiger partial charge in [0.15, 0.2) is 11.7 Å². The SMILES string of the molecule is CN1CCN(S(=O)(=O)c2ccc(-c3cnc(C4CC4)o3)cc2)c2ccccc2C1. The Bertz CT molecular complexity index is 1130. The van der Waals surface area contributed by atoms with E-state index in [0.717, 1.165) is 42.1 Å². The average molecular weight is 410 g/mol. The van der Waals surface area contributed by atoms with E-state index in [-0.39, 0.29) is 4.90 Å². The molecule has 2 heterocycles. The fourth-order valence-corrected chi connectivity index (χ4v) is 5.24. The topological polar surface area (TPSA) is 66.7 Å². The monoisotopic (exact) mass is 409 g/mol. The zero-order valence-corrected chi connectivity index (χ0v) is 17.1. The molecule has 1 saturated carbocycles. The van der Waals surface area contributed by atoms with Crippen molar-refractivity contribution in [2.24, 2.45) is 0 Å². The summed E-state index contributed by atoms with van der Waals surface area (Å²) in [5.74, 6) is 1.91. The van der Waals surface area contributed by atoms with Crippen molar-refractivity contribution < 1.29 is 12.8 Å². The van der Waals surface area contributed by atoms with E-state index in [1.165, 1.54) is 4.31 Å². The molecule has 0 spiro atoms. The molecular weight excluding hydrogens is 386 g/mol. The number of hydrogen-bond donors (Lipinski definition) is 0. The molecule has 1 fully saturated rings. The minimum absolute atomic E-state index is 0.280. The highest BCUT2D eigenvalue weighted by Crippen LogP contribution is 2.40. The fourth-order valence-electron chi connectivity index (χ4n) is 3.75. The van der Waals surface area contributed by atoms with Crippen molar-refractivity contribution in [3.8, 4) is 11.3 Å². The summed E-state index contributed by atoms with van der Waals surface area (Å²) in [7, 11) is -1.65. The molecule has 0 atom stereocenters. The van der Waals surface area contributed by atoms with E-state index < -0.39 is 10.0 Å². The van der Waals surface area contributed by atoms with Gasteiger partial charge < -0.3 is 9.32 Å². The zero-order valence-electron chi connectivity index (χ0n) is 16.3. The molecule has 6 nitrogen and oxygen atoms in total. The number of hydrogen-bond acceptors (Lipinski definition) is 5. The largest absolute Gasteiger partial charge is 0.440 e. The average Bonchev–Trinajstić information content (AvgIpc) is 3.48. The number of aromatic nitrogens is 1. The van der Waals surface area contributed by atoms with Crippen LogP contribution in [-0.2, 0) is 16.6 Å². The Hall–Kier alpha value is -2.64. The molecule has 150 valence electrons. The third-order valence-electron chi connectivity index (χ3n) is 5.56. The summed E-state index contributed by atoms with van der Waals surface area (Å²) in [6.45, 7) is 1.83. The second-order valence-electron chi connectivity index (χ2n) is 7.81. The van der Waals surface area contributed by atoms with E-state index in [9.17, 15) is 8.42 Å². The molecule has 0 radical (unpaired) electrons. The lowest BCUT2D eigenvalue weighted by atomic mass is 10.2. The molecule has 3 aromatic rings. The van der Waals surface area contributed by atoms with Gasteiger partial charge in [-0.1, -0.05) is 18.2 Å². The van der Waals surface area contributed by atoms with Crippen LogP contribution in [0.5, 0.6) is 0 Å². The van der Waals surface area contributed by atoms with E-state index in [0.29, 0.717) is 24.8 Å². The van der Waals surface area contributed by atoms with Crippen molar-refractivity contribution in [2.75, 3.05) is 24.4 Å². The van der Waals surface area contributed by atoms with Gasteiger partial charge in [0.1, 0.15) is 0 Å². The quantitative estimate of drug-likeness (QED) is 0.655. The molecule has 1 aromatic heterocycles. The molecule has 0 bridgehead atoms. The van der Waals surface area contributed by atoms with Crippen molar-refractivity contribution in [3.05, 3.63) is 66.2 Å². The molecule has 2 aliphatic rings. The first-order chi connectivity index (χ1) is 14.0. The number of oxazole rings is 1. The van der Waals surface area contributed by atoms with Gasteiger partial charge in [0, 0.05) is 31.1 Å². The number of anilines is 1. The van der Waals surface area contributed by atoms with Crippen molar-refractivity contribution in [2.45, 2.75) is 30.2 Å². The normalized spacial score (nSPS) is 17.8. The molecule has 0 saturated heterocycles. The Morgan fingerprint density at radius 3 is 2.55 bits per heavy atom. The molecular formula is C22H23N3O3S. The lowest BCUT2D eigenvalue weighted by Gasteiger charge is -2.24. The first kappa shape index (κ1) is 18.4. The Morgan fingerprint density at radius 1 is 1.03 bits per heavy atom. The Kier molecular flexibility index (Phi) is 4.44. The van der Waals surface area contributed by atoms with Crippen molar-refractivity contribution in [3.63, 3.8) is 0 Å². The van der Waals surface area contributed by atoms with Crippen molar-refractivity contribution in [1.82, 2.24) is 9.88 Å². The molecule has 1 aliphatic heterocycles. The van der Waals surface area contributed by atoms with Crippen LogP contribution in [0.15, 0.2) is 64.0 Å². The van der Waals surface area contributed by atoms with Crippen LogP contribution in [-0.4, -0.2) is 38.4 Å². The standard InChI is InChI=1S/C22H23N3O3S/c1-24-12-13-25(20-5-3-2-4-18(20)15-24)29(26,27)19-10-8-16(9-11-19)21-14-23-22(28-21)17-6-7-17/h2-5,8-11,14,17H,6-7,12-13,15H2,1H3. The van der Waals surface area contributed by atoms with Crippen LogP contribution in [0.2, 0.25) is 0 Å². The third-order valence-corrected chi connectivity index (χ3v) is 7.39. The highest BCUT2D eigenvalue weighted by molar-refractivity contribution is 7.92. The number of nitrogens with zero attached hydrogens (tertiary/aromatic N) is 3. The number of likely N-dealkylation sites (N-methyl/N-ethyl adjacent to an activating group) is 1. The van der Waals surface area contributed by atoms with Crippen LogP contribution in [0.4, 0.5) is 5.69 Å². The van der Waals surface area contributed by atoms with Crippen LogP contribution in [0.1, 0.15) is 30.2 Å². The lowest BCUT2D eigenvalue weighted by Crippen LogP contribution is -2.35. The van der Waals surface area contributed by atoms with E-state index in [1.807, 2.05) is 31.3 Å². The van der Waals surface area contributed by atoms with Gasteiger partial charge in [-0.15, -0.1) is 0 Å². The predicted molar refractivity (Wildman–Crippen MR) is 111 cm³/mol. The van der Waals surface area contributed by atoms with Gasteiger partial charge in [-0.25, -0.2) is 13.4 Å². The maximum atomic E-state index is 13.4. The molecule has 29 heavy (non-hydrogen) atoms. The highest BCUT2D eigenvalue weighted by atomic mass is 32.2.